The maximum atomic E-state index is 13.7. The maximum Gasteiger partial charge on any atom is 0.415 e. The number of ether oxygens (including phenoxy) is 3. The molecular formula is C47H59N9O11. The van der Waals surface area contributed by atoms with Crippen molar-refractivity contribution in [1.82, 2.24) is 35.3 Å². The summed E-state index contributed by atoms with van der Waals surface area (Å²) < 4.78 is 18.0. The molecule has 20 nitrogen and oxygen atoms in total. The van der Waals surface area contributed by atoms with Gasteiger partial charge in [0.05, 0.1) is 35.1 Å². The Bertz CT molecular complexity index is 2620. The number of hydrogen-bond donors (Lipinski definition) is 6. The van der Waals surface area contributed by atoms with Gasteiger partial charge >= 0.3 is 24.2 Å². The van der Waals surface area contributed by atoms with Gasteiger partial charge in [0.2, 0.25) is 11.8 Å². The fourth-order valence-corrected chi connectivity index (χ4v) is 8.25. The molecule has 2 aliphatic heterocycles. The third-order valence-corrected chi connectivity index (χ3v) is 12.2. The fourth-order valence-electron chi connectivity index (χ4n) is 8.25. The zero-order chi connectivity index (χ0) is 48.7. The summed E-state index contributed by atoms with van der Waals surface area (Å²) in [6.07, 6.45) is -0.0322. The van der Waals surface area contributed by atoms with E-state index < -0.39 is 47.8 Å². The van der Waals surface area contributed by atoms with Crippen molar-refractivity contribution in [2.45, 2.75) is 90.8 Å². The highest BCUT2D eigenvalue weighted by molar-refractivity contribution is 5.98. The average Bonchev–Trinajstić information content (AvgIpc) is 3.67. The Balaban J connectivity index is 1.01. The Kier molecular flexibility index (Phi) is 15.5. The molecule has 20 heteroatoms. The lowest BCUT2D eigenvalue weighted by molar-refractivity contribution is -0.172. The van der Waals surface area contributed by atoms with Crippen molar-refractivity contribution in [2.75, 3.05) is 46.1 Å². The van der Waals surface area contributed by atoms with Gasteiger partial charge in [-0.2, -0.15) is 0 Å². The van der Waals surface area contributed by atoms with E-state index >= 15 is 0 Å². The van der Waals surface area contributed by atoms with Crippen LogP contribution in [0.15, 0.2) is 53.3 Å². The second-order valence-corrected chi connectivity index (χ2v) is 17.0. The monoisotopic (exact) mass is 925 g/mol. The van der Waals surface area contributed by atoms with Crippen molar-refractivity contribution >= 4 is 52.6 Å². The standard InChI is InChI=1S/C47H59N9O11/c1-8-30-31-21-29(16-17-35(31)52-39-32(30)23-56-37(39)22-34-33(42(56)59)25-65-43(60)47(34,64)9-2)67-46(63)55(7)20-19-54(6)45(62)66-24-27-12-14-28(15-13-27)51-40(57)36(11-10-18-50-44(48)61)53-41(58)38(49-5)26(3)4/h12-17,21-22,26,36,38,49,64H,8-11,18-20,23-25H2,1-7H3,(H,51,57)(H,53,58)(H3,48,50,61)/t36-,38-,47-/m0/s1. The van der Waals surface area contributed by atoms with Crippen LogP contribution in [0, 0.1) is 5.92 Å². The van der Waals surface area contributed by atoms with Crippen molar-refractivity contribution in [3.63, 3.8) is 0 Å². The molecule has 0 bridgehead atoms. The molecule has 3 atom stereocenters. The molecule has 0 saturated heterocycles. The van der Waals surface area contributed by atoms with Crippen LogP contribution < -0.4 is 37.3 Å². The number of fused-ring (bicyclic) bond motifs is 5. The summed E-state index contributed by atoms with van der Waals surface area (Å²) in [5.41, 5.74) is 7.86. The topological polar surface area (TPSA) is 266 Å². The number of nitrogens with one attached hydrogen (secondary N) is 4. The zero-order valence-electron chi connectivity index (χ0n) is 38.8. The number of carbonyl (C=O) groups excluding carboxylic acids is 6. The number of aromatic nitrogens is 2. The van der Waals surface area contributed by atoms with E-state index in [1.165, 1.54) is 9.80 Å². The maximum absolute atomic E-state index is 13.7. The number of primary amides is 1. The molecule has 4 aromatic rings. The molecule has 4 heterocycles. The number of urea groups is 1. The van der Waals surface area contributed by atoms with E-state index in [-0.39, 0.29) is 86.5 Å². The number of aliphatic hydroxyl groups is 1. The van der Waals surface area contributed by atoms with E-state index in [1.54, 1.807) is 81.2 Å². The molecule has 358 valence electrons. The van der Waals surface area contributed by atoms with E-state index in [1.807, 2.05) is 20.8 Å². The molecule has 2 aromatic heterocycles. The molecule has 67 heavy (non-hydrogen) atoms. The second-order valence-electron chi connectivity index (χ2n) is 17.0. The molecule has 0 radical (unpaired) electrons. The summed E-state index contributed by atoms with van der Waals surface area (Å²) in [7, 11) is 4.75. The number of aryl methyl sites for hydroxylation is 1. The van der Waals surface area contributed by atoms with Crippen molar-refractivity contribution in [1.29, 1.82) is 0 Å². The minimum Gasteiger partial charge on any atom is -0.458 e. The molecule has 0 unspecified atom stereocenters. The number of anilines is 1. The van der Waals surface area contributed by atoms with Gasteiger partial charge in [0.1, 0.15) is 25.0 Å². The summed E-state index contributed by atoms with van der Waals surface area (Å²) >= 11 is 0. The van der Waals surface area contributed by atoms with Crippen LogP contribution in [0.2, 0.25) is 0 Å². The molecule has 6 amide bonds. The first-order valence-electron chi connectivity index (χ1n) is 22.2. The highest BCUT2D eigenvalue weighted by Gasteiger charge is 2.45. The van der Waals surface area contributed by atoms with E-state index in [0.717, 1.165) is 16.5 Å². The Morgan fingerprint density at radius 3 is 2.31 bits per heavy atom. The summed E-state index contributed by atoms with van der Waals surface area (Å²) in [5.74, 6) is -1.32. The first-order chi connectivity index (χ1) is 31.9. The predicted molar refractivity (Wildman–Crippen MR) is 247 cm³/mol. The first-order valence-corrected chi connectivity index (χ1v) is 22.2. The first kappa shape index (κ1) is 49.4. The quantitative estimate of drug-likeness (QED) is 0.0544. The van der Waals surface area contributed by atoms with Gasteiger partial charge in [-0.1, -0.05) is 39.8 Å². The molecule has 7 N–H and O–H groups in total. The molecule has 0 spiro atoms. The minimum atomic E-state index is -1.94. The molecule has 0 fully saturated rings. The van der Waals surface area contributed by atoms with Crippen LogP contribution in [0.4, 0.5) is 20.1 Å². The number of rotatable bonds is 18. The number of esters is 1. The Morgan fingerprint density at radius 2 is 1.67 bits per heavy atom. The van der Waals surface area contributed by atoms with Gasteiger partial charge in [-0.05, 0) is 86.2 Å². The van der Waals surface area contributed by atoms with Gasteiger partial charge in [0.15, 0.2) is 5.60 Å². The van der Waals surface area contributed by atoms with Gasteiger partial charge in [-0.25, -0.2) is 24.2 Å². The number of benzene rings is 2. The van der Waals surface area contributed by atoms with Crippen molar-refractivity contribution in [3.8, 4) is 17.1 Å². The van der Waals surface area contributed by atoms with E-state index in [4.69, 9.17) is 24.9 Å². The largest absolute Gasteiger partial charge is 0.458 e. The lowest BCUT2D eigenvalue weighted by atomic mass is 9.86. The number of pyridine rings is 2. The summed E-state index contributed by atoms with van der Waals surface area (Å²) in [4.78, 5) is 97.3. The van der Waals surface area contributed by atoms with E-state index in [2.05, 4.69) is 21.3 Å². The third kappa shape index (κ3) is 10.8. The van der Waals surface area contributed by atoms with Crippen LogP contribution in [-0.4, -0.2) is 113 Å². The summed E-state index contributed by atoms with van der Waals surface area (Å²) in [6.45, 7) is 7.84. The number of amides is 6. The minimum absolute atomic E-state index is 0.0270. The third-order valence-electron chi connectivity index (χ3n) is 12.2. The zero-order valence-corrected chi connectivity index (χ0v) is 38.8. The Morgan fingerprint density at radius 1 is 0.970 bits per heavy atom. The van der Waals surface area contributed by atoms with Gasteiger partial charge < -0.3 is 60.7 Å². The van der Waals surface area contributed by atoms with Crippen LogP contribution in [0.25, 0.3) is 22.3 Å². The van der Waals surface area contributed by atoms with Crippen LogP contribution in [0.3, 0.4) is 0 Å². The number of carbonyl (C=O) groups is 6. The van der Waals surface area contributed by atoms with Crippen molar-refractivity contribution < 1.29 is 48.1 Å². The smallest absolute Gasteiger partial charge is 0.415 e. The number of cyclic esters (lactones) is 1. The number of hydrogen-bond acceptors (Lipinski definition) is 13. The molecule has 0 saturated carbocycles. The van der Waals surface area contributed by atoms with Crippen molar-refractivity contribution in [3.05, 3.63) is 86.7 Å². The Labute approximate surface area is 387 Å². The summed E-state index contributed by atoms with van der Waals surface area (Å²) in [6, 6.07) is 11.3. The number of nitrogens with two attached hydrogens (primary N) is 1. The van der Waals surface area contributed by atoms with Gasteiger partial charge in [0.25, 0.3) is 5.56 Å². The van der Waals surface area contributed by atoms with Gasteiger partial charge in [0, 0.05) is 55.9 Å². The molecule has 6 rings (SSSR count). The van der Waals surface area contributed by atoms with Crippen LogP contribution in [-0.2, 0) is 55.6 Å². The van der Waals surface area contributed by atoms with Gasteiger partial charge in [-0.15, -0.1) is 0 Å². The highest BCUT2D eigenvalue weighted by Crippen LogP contribution is 2.41. The lowest BCUT2D eigenvalue weighted by Gasteiger charge is -2.31. The highest BCUT2D eigenvalue weighted by atomic mass is 16.6. The number of likely N-dealkylation sites (N-methyl/N-ethyl adjacent to an activating group) is 3. The van der Waals surface area contributed by atoms with E-state index in [9.17, 15) is 38.7 Å². The van der Waals surface area contributed by atoms with Crippen molar-refractivity contribution in [2.24, 2.45) is 11.7 Å². The molecule has 2 aromatic carbocycles. The van der Waals surface area contributed by atoms with Gasteiger partial charge in [-0.3, -0.25) is 14.4 Å². The number of nitrogens with zero attached hydrogens (tertiary/aromatic N) is 4. The lowest BCUT2D eigenvalue weighted by Crippen LogP contribution is -2.52. The van der Waals surface area contributed by atoms with Crippen LogP contribution in [0.5, 0.6) is 5.75 Å². The second kappa shape index (κ2) is 21.1. The normalized spacial score (nSPS) is 15.6. The van der Waals surface area contributed by atoms with E-state index in [0.29, 0.717) is 41.0 Å². The molecular weight excluding hydrogens is 867 g/mol. The Hall–Kier alpha value is -7.06. The average molecular weight is 926 g/mol. The fraction of sp³-hybridized carbons (Fsp3) is 0.447. The van der Waals surface area contributed by atoms with Crippen LogP contribution in [0.1, 0.15) is 74.8 Å². The SMILES string of the molecule is CCc1c2c(nc3ccc(OC(=O)N(C)CCN(C)C(=O)OCc4ccc(NC(=O)[C@H](CCCNC(N)=O)NC(=O)[C@@H](NC)C(C)C)cc4)cc13)-c1cc3c(c(=O)n1C2)COC(=O)[C@]3(O)CC. The predicted octanol–water partition coefficient (Wildman–Crippen LogP) is 3.46. The molecule has 2 aliphatic rings. The van der Waals surface area contributed by atoms with Crippen LogP contribution >= 0.6 is 0 Å². The molecule has 0 aliphatic carbocycles. The summed E-state index contributed by atoms with van der Waals surface area (Å²) in [5, 5.41) is 23.0.